The van der Waals surface area contributed by atoms with Crippen LogP contribution in [0.1, 0.15) is 20.3 Å². The average Bonchev–Trinajstić information content (AvgIpc) is 2.88. The Hall–Kier alpha value is -0.830. The first-order chi connectivity index (χ1) is 8.75. The van der Waals surface area contributed by atoms with Crippen molar-refractivity contribution in [3.63, 3.8) is 0 Å². The van der Waals surface area contributed by atoms with Crippen LogP contribution in [-0.2, 0) is 0 Å². The van der Waals surface area contributed by atoms with E-state index in [1.165, 1.54) is 17.9 Å². The molecule has 1 heterocycles. The van der Waals surface area contributed by atoms with Gasteiger partial charge in [0, 0.05) is 6.54 Å². The van der Waals surface area contributed by atoms with Gasteiger partial charge in [0.2, 0.25) is 0 Å². The molecule has 1 unspecified atom stereocenters. The molecule has 1 aromatic rings. The molecule has 0 amide bonds. The van der Waals surface area contributed by atoms with Crippen molar-refractivity contribution in [2.75, 3.05) is 30.0 Å². The Morgan fingerprint density at radius 2 is 2.22 bits per heavy atom. The van der Waals surface area contributed by atoms with Crippen molar-refractivity contribution in [2.45, 2.75) is 20.3 Å². The van der Waals surface area contributed by atoms with Crippen LogP contribution in [0.15, 0.2) is 24.3 Å². The Morgan fingerprint density at radius 1 is 1.39 bits per heavy atom. The molecule has 1 N–H and O–H groups in total. The Labute approximate surface area is 114 Å². The summed E-state index contributed by atoms with van der Waals surface area (Å²) < 4.78 is 5.85. The number of para-hydroxylation sites is 2. The number of anilines is 1. The topological polar surface area (TPSA) is 21.3 Å². The zero-order valence-electron chi connectivity index (χ0n) is 11.3. The Kier molecular flexibility index (Phi) is 5.24. The van der Waals surface area contributed by atoms with E-state index in [1.807, 2.05) is 12.1 Å². The summed E-state index contributed by atoms with van der Waals surface area (Å²) in [6.07, 6.45) is 1.34. The second-order valence-electron chi connectivity index (χ2n) is 5.31. The van der Waals surface area contributed by atoms with E-state index < -0.39 is 0 Å². The van der Waals surface area contributed by atoms with Crippen LogP contribution in [0.25, 0.3) is 0 Å². The van der Waals surface area contributed by atoms with Crippen molar-refractivity contribution in [3.8, 4) is 5.75 Å². The number of hydrogen-bond donors (Lipinski definition) is 1. The van der Waals surface area contributed by atoms with Crippen molar-refractivity contribution in [1.82, 2.24) is 0 Å². The van der Waals surface area contributed by atoms with E-state index in [-0.39, 0.29) is 0 Å². The Bertz CT molecular complexity index is 361. The standard InChI is InChI=1S/C15H23NOS/c1-12(2)10-17-15-6-4-3-5-14(15)16-9-13-7-8-18-11-13/h3-6,12-13,16H,7-11H2,1-2H3. The molecule has 3 heteroatoms. The Balaban J connectivity index is 1.89. The Morgan fingerprint density at radius 3 is 2.94 bits per heavy atom. The molecule has 1 aliphatic rings. The minimum absolute atomic E-state index is 0.560. The van der Waals surface area contributed by atoms with Gasteiger partial charge in [-0.05, 0) is 41.9 Å². The molecule has 1 aliphatic heterocycles. The number of rotatable bonds is 6. The highest BCUT2D eigenvalue weighted by atomic mass is 32.2. The molecule has 2 nitrogen and oxygen atoms in total. The van der Waals surface area contributed by atoms with Gasteiger partial charge in [-0.1, -0.05) is 26.0 Å². The zero-order chi connectivity index (χ0) is 12.8. The lowest BCUT2D eigenvalue weighted by Gasteiger charge is -2.16. The summed E-state index contributed by atoms with van der Waals surface area (Å²) in [7, 11) is 0. The van der Waals surface area contributed by atoms with E-state index in [2.05, 4.69) is 43.1 Å². The third-order valence-corrected chi connectivity index (χ3v) is 4.30. The largest absolute Gasteiger partial charge is 0.491 e. The highest BCUT2D eigenvalue weighted by Gasteiger charge is 2.15. The minimum atomic E-state index is 0.560. The first-order valence-corrected chi connectivity index (χ1v) is 7.94. The highest BCUT2D eigenvalue weighted by molar-refractivity contribution is 7.99. The molecule has 1 aromatic carbocycles. The van der Waals surface area contributed by atoms with Gasteiger partial charge in [0.25, 0.3) is 0 Å². The lowest BCUT2D eigenvalue weighted by molar-refractivity contribution is 0.272. The summed E-state index contributed by atoms with van der Waals surface area (Å²) in [5.74, 6) is 4.97. The van der Waals surface area contributed by atoms with E-state index in [1.54, 1.807) is 0 Å². The maximum absolute atomic E-state index is 5.85. The molecular formula is C15H23NOS. The quantitative estimate of drug-likeness (QED) is 0.843. The van der Waals surface area contributed by atoms with Gasteiger partial charge >= 0.3 is 0 Å². The molecule has 2 rings (SSSR count). The number of thioether (sulfide) groups is 1. The van der Waals surface area contributed by atoms with E-state index >= 15 is 0 Å². The van der Waals surface area contributed by atoms with Crippen LogP contribution >= 0.6 is 11.8 Å². The van der Waals surface area contributed by atoms with Crippen molar-refractivity contribution in [2.24, 2.45) is 11.8 Å². The first-order valence-electron chi connectivity index (χ1n) is 6.79. The third-order valence-electron chi connectivity index (χ3n) is 3.06. The van der Waals surface area contributed by atoms with Gasteiger partial charge in [-0.15, -0.1) is 0 Å². The van der Waals surface area contributed by atoms with Crippen molar-refractivity contribution in [1.29, 1.82) is 0 Å². The van der Waals surface area contributed by atoms with Crippen molar-refractivity contribution in [3.05, 3.63) is 24.3 Å². The normalized spacial score (nSPS) is 19.2. The van der Waals surface area contributed by atoms with E-state index in [9.17, 15) is 0 Å². The fourth-order valence-electron chi connectivity index (χ4n) is 1.99. The van der Waals surface area contributed by atoms with Crippen LogP contribution in [0, 0.1) is 11.8 Å². The maximum atomic E-state index is 5.85. The van der Waals surface area contributed by atoms with Gasteiger partial charge in [-0.25, -0.2) is 0 Å². The smallest absolute Gasteiger partial charge is 0.142 e. The number of ether oxygens (including phenoxy) is 1. The number of nitrogens with one attached hydrogen (secondary N) is 1. The molecule has 1 saturated heterocycles. The third kappa shape index (κ3) is 4.13. The molecule has 18 heavy (non-hydrogen) atoms. The van der Waals surface area contributed by atoms with Gasteiger partial charge in [0.05, 0.1) is 12.3 Å². The molecule has 0 radical (unpaired) electrons. The van der Waals surface area contributed by atoms with Gasteiger partial charge in [0.15, 0.2) is 0 Å². The molecule has 1 atom stereocenters. The molecule has 0 spiro atoms. The molecule has 1 fully saturated rings. The van der Waals surface area contributed by atoms with E-state index in [0.29, 0.717) is 5.92 Å². The van der Waals surface area contributed by atoms with Crippen LogP contribution in [-0.4, -0.2) is 24.7 Å². The van der Waals surface area contributed by atoms with Crippen LogP contribution in [0.3, 0.4) is 0 Å². The summed E-state index contributed by atoms with van der Waals surface area (Å²) >= 11 is 2.06. The lowest BCUT2D eigenvalue weighted by atomic mass is 10.1. The second kappa shape index (κ2) is 6.93. The van der Waals surface area contributed by atoms with Crippen LogP contribution < -0.4 is 10.1 Å². The summed E-state index contributed by atoms with van der Waals surface area (Å²) in [4.78, 5) is 0. The monoisotopic (exact) mass is 265 g/mol. The first kappa shape index (κ1) is 13.6. The maximum Gasteiger partial charge on any atom is 0.142 e. The van der Waals surface area contributed by atoms with Gasteiger partial charge < -0.3 is 10.1 Å². The number of benzene rings is 1. The van der Waals surface area contributed by atoms with E-state index in [0.717, 1.165) is 30.5 Å². The van der Waals surface area contributed by atoms with Crippen LogP contribution in [0.5, 0.6) is 5.75 Å². The summed E-state index contributed by atoms with van der Waals surface area (Å²) in [5.41, 5.74) is 1.13. The van der Waals surface area contributed by atoms with Gasteiger partial charge in [0.1, 0.15) is 5.75 Å². The van der Waals surface area contributed by atoms with Crippen LogP contribution in [0.2, 0.25) is 0 Å². The van der Waals surface area contributed by atoms with E-state index in [4.69, 9.17) is 4.74 Å². The molecule has 0 aromatic heterocycles. The molecule has 0 bridgehead atoms. The summed E-state index contributed by atoms with van der Waals surface area (Å²) in [6, 6.07) is 8.26. The second-order valence-corrected chi connectivity index (χ2v) is 6.46. The molecule has 100 valence electrons. The minimum Gasteiger partial charge on any atom is -0.491 e. The van der Waals surface area contributed by atoms with Crippen molar-refractivity contribution >= 4 is 17.4 Å². The highest BCUT2D eigenvalue weighted by Crippen LogP contribution is 2.27. The van der Waals surface area contributed by atoms with Crippen LogP contribution in [0.4, 0.5) is 5.69 Å². The molecule has 0 saturated carbocycles. The summed E-state index contributed by atoms with van der Waals surface area (Å²) in [5, 5.41) is 3.54. The average molecular weight is 265 g/mol. The zero-order valence-corrected chi connectivity index (χ0v) is 12.1. The fourth-order valence-corrected chi connectivity index (χ4v) is 3.28. The molecule has 0 aliphatic carbocycles. The van der Waals surface area contributed by atoms with Crippen molar-refractivity contribution < 1.29 is 4.74 Å². The fraction of sp³-hybridized carbons (Fsp3) is 0.600. The van der Waals surface area contributed by atoms with Gasteiger partial charge in [-0.3, -0.25) is 0 Å². The predicted octanol–water partition coefficient (Wildman–Crippen LogP) is 3.89. The van der Waals surface area contributed by atoms with Gasteiger partial charge in [-0.2, -0.15) is 11.8 Å². The lowest BCUT2D eigenvalue weighted by Crippen LogP contribution is -2.14. The predicted molar refractivity (Wildman–Crippen MR) is 80.7 cm³/mol. The molecular weight excluding hydrogens is 242 g/mol. The SMILES string of the molecule is CC(C)COc1ccccc1NCC1CCSC1. The number of hydrogen-bond acceptors (Lipinski definition) is 3. The summed E-state index contributed by atoms with van der Waals surface area (Å²) in [6.45, 7) is 6.19.